The molecule has 1 N–H and O–H groups in total. The van der Waals surface area contributed by atoms with Crippen molar-refractivity contribution >= 4 is 11.9 Å². The van der Waals surface area contributed by atoms with Gasteiger partial charge in [0.2, 0.25) is 5.91 Å². The van der Waals surface area contributed by atoms with Crippen molar-refractivity contribution in [3.05, 3.63) is 0 Å². The molecule has 0 saturated carbocycles. The zero-order valence-corrected chi connectivity index (χ0v) is 9.67. The van der Waals surface area contributed by atoms with Crippen molar-refractivity contribution in [3.8, 4) is 0 Å². The fourth-order valence-electron chi connectivity index (χ4n) is 3.45. The van der Waals surface area contributed by atoms with Crippen molar-refractivity contribution < 1.29 is 19.4 Å². The van der Waals surface area contributed by atoms with Crippen LogP contribution in [-0.4, -0.2) is 47.2 Å². The highest BCUT2D eigenvalue weighted by Gasteiger charge is 2.56. The van der Waals surface area contributed by atoms with Crippen LogP contribution in [0.1, 0.15) is 25.7 Å². The smallest absolute Gasteiger partial charge is 0.310 e. The van der Waals surface area contributed by atoms with Crippen LogP contribution < -0.4 is 0 Å². The number of hydrogen-bond donors (Lipinski definition) is 1. The second-order valence-electron chi connectivity index (χ2n) is 5.21. The molecule has 0 aromatic rings. The maximum Gasteiger partial charge on any atom is 0.310 e. The van der Waals surface area contributed by atoms with Gasteiger partial charge in [-0.15, -0.1) is 0 Å². The number of amides is 1. The first-order valence-electron chi connectivity index (χ1n) is 6.35. The largest absolute Gasteiger partial charge is 0.481 e. The maximum atomic E-state index is 12.3. The minimum absolute atomic E-state index is 0.00194. The Bertz CT molecular complexity index is 350. The number of nitrogens with zero attached hydrogens (tertiary/aromatic N) is 1. The summed E-state index contributed by atoms with van der Waals surface area (Å²) in [4.78, 5) is 25.4. The normalized spacial score (nSPS) is 39.9. The van der Waals surface area contributed by atoms with Crippen molar-refractivity contribution in [1.29, 1.82) is 0 Å². The Hall–Kier alpha value is -1.10. The number of carbonyl (C=O) groups excluding carboxylic acids is 1. The number of ether oxygens (including phenoxy) is 1. The first kappa shape index (κ1) is 11.0. The summed E-state index contributed by atoms with van der Waals surface area (Å²) in [5, 5.41) is 9.25. The Kier molecular flexibility index (Phi) is 2.58. The molecule has 0 unspecified atom stereocenters. The van der Waals surface area contributed by atoms with Crippen LogP contribution in [-0.2, 0) is 14.3 Å². The van der Waals surface area contributed by atoms with E-state index in [2.05, 4.69) is 0 Å². The van der Waals surface area contributed by atoms with Crippen molar-refractivity contribution in [2.24, 2.45) is 11.8 Å². The van der Waals surface area contributed by atoms with E-state index in [-0.39, 0.29) is 18.1 Å². The fraction of sp³-hybridized carbons (Fsp3) is 0.833. The van der Waals surface area contributed by atoms with Gasteiger partial charge < -0.3 is 14.7 Å². The van der Waals surface area contributed by atoms with E-state index in [4.69, 9.17) is 4.74 Å². The summed E-state index contributed by atoms with van der Waals surface area (Å²) >= 11 is 0. The number of carboxylic acid groups (broad SMARTS) is 1. The van der Waals surface area contributed by atoms with E-state index in [1.165, 1.54) is 0 Å². The Labute approximate surface area is 99.7 Å². The minimum atomic E-state index is -0.880. The molecule has 5 heteroatoms. The Morgan fingerprint density at radius 3 is 2.24 bits per heavy atom. The zero-order valence-electron chi connectivity index (χ0n) is 9.67. The fourth-order valence-corrected chi connectivity index (χ4v) is 3.45. The highest BCUT2D eigenvalue weighted by molar-refractivity contribution is 5.86. The quantitative estimate of drug-likeness (QED) is 0.761. The highest BCUT2D eigenvalue weighted by atomic mass is 16.5. The van der Waals surface area contributed by atoms with E-state index in [0.29, 0.717) is 0 Å². The van der Waals surface area contributed by atoms with E-state index in [9.17, 15) is 14.7 Å². The molecular formula is C12H17NO4. The molecule has 2 bridgehead atoms. The average molecular weight is 239 g/mol. The van der Waals surface area contributed by atoms with Gasteiger partial charge in [-0.1, -0.05) is 0 Å². The van der Waals surface area contributed by atoms with Gasteiger partial charge in [0, 0.05) is 13.1 Å². The third kappa shape index (κ3) is 1.64. The summed E-state index contributed by atoms with van der Waals surface area (Å²) in [6, 6.07) is 0. The molecule has 0 aliphatic carbocycles. The number of aliphatic carboxylic acids is 1. The number of rotatable bonds is 2. The van der Waals surface area contributed by atoms with Gasteiger partial charge in [-0.25, -0.2) is 0 Å². The van der Waals surface area contributed by atoms with E-state index >= 15 is 0 Å². The van der Waals surface area contributed by atoms with Gasteiger partial charge in [0.15, 0.2) is 0 Å². The lowest BCUT2D eigenvalue weighted by atomic mass is 9.78. The molecule has 17 heavy (non-hydrogen) atoms. The van der Waals surface area contributed by atoms with E-state index < -0.39 is 17.8 Å². The Morgan fingerprint density at radius 2 is 1.65 bits per heavy atom. The van der Waals surface area contributed by atoms with Crippen LogP contribution in [0.15, 0.2) is 0 Å². The van der Waals surface area contributed by atoms with E-state index in [1.807, 2.05) is 4.90 Å². The van der Waals surface area contributed by atoms with Gasteiger partial charge >= 0.3 is 5.97 Å². The Balaban J connectivity index is 1.80. The van der Waals surface area contributed by atoms with Gasteiger partial charge in [0.05, 0.1) is 24.0 Å². The summed E-state index contributed by atoms with van der Waals surface area (Å²) in [6.07, 6.45) is 3.28. The maximum absolute atomic E-state index is 12.3. The van der Waals surface area contributed by atoms with Crippen LogP contribution in [0, 0.1) is 11.8 Å². The molecule has 3 aliphatic rings. The molecule has 0 spiro atoms. The monoisotopic (exact) mass is 239 g/mol. The molecule has 3 saturated heterocycles. The molecule has 4 atom stereocenters. The third-order valence-corrected chi connectivity index (χ3v) is 4.26. The molecule has 94 valence electrons. The summed E-state index contributed by atoms with van der Waals surface area (Å²) in [6.45, 7) is 1.55. The number of carboxylic acids is 1. The molecular weight excluding hydrogens is 222 g/mol. The lowest BCUT2D eigenvalue weighted by molar-refractivity contribution is -0.150. The van der Waals surface area contributed by atoms with E-state index in [1.54, 1.807) is 0 Å². The van der Waals surface area contributed by atoms with Crippen molar-refractivity contribution in [3.63, 3.8) is 0 Å². The van der Waals surface area contributed by atoms with Crippen LogP contribution in [0.2, 0.25) is 0 Å². The predicted molar refractivity (Wildman–Crippen MR) is 58.3 cm³/mol. The second-order valence-corrected chi connectivity index (χ2v) is 5.21. The molecule has 1 amide bonds. The van der Waals surface area contributed by atoms with Crippen molar-refractivity contribution in [2.45, 2.75) is 37.9 Å². The zero-order chi connectivity index (χ0) is 12.0. The second kappa shape index (κ2) is 3.98. The first-order chi connectivity index (χ1) is 8.18. The molecule has 0 aromatic carbocycles. The lowest BCUT2D eigenvalue weighted by Crippen LogP contribution is -2.44. The lowest BCUT2D eigenvalue weighted by Gasteiger charge is -2.27. The van der Waals surface area contributed by atoms with Crippen LogP contribution >= 0.6 is 0 Å². The summed E-state index contributed by atoms with van der Waals surface area (Å²) < 4.78 is 5.61. The van der Waals surface area contributed by atoms with Gasteiger partial charge in [0.25, 0.3) is 0 Å². The minimum Gasteiger partial charge on any atom is -0.481 e. The topological polar surface area (TPSA) is 66.8 Å². The molecule has 0 radical (unpaired) electrons. The Morgan fingerprint density at radius 1 is 1.06 bits per heavy atom. The number of carbonyl (C=O) groups is 2. The number of hydrogen-bond acceptors (Lipinski definition) is 3. The molecule has 5 nitrogen and oxygen atoms in total. The first-order valence-corrected chi connectivity index (χ1v) is 6.35. The molecule has 3 rings (SSSR count). The van der Waals surface area contributed by atoms with Gasteiger partial charge in [-0.05, 0) is 25.7 Å². The highest BCUT2D eigenvalue weighted by Crippen LogP contribution is 2.44. The molecule has 3 heterocycles. The third-order valence-electron chi connectivity index (χ3n) is 4.26. The van der Waals surface area contributed by atoms with Crippen LogP contribution in [0.25, 0.3) is 0 Å². The molecule has 0 aromatic heterocycles. The molecule has 3 aliphatic heterocycles. The van der Waals surface area contributed by atoms with Crippen molar-refractivity contribution in [2.75, 3.05) is 13.1 Å². The van der Waals surface area contributed by atoms with Crippen molar-refractivity contribution in [1.82, 2.24) is 4.90 Å². The number of fused-ring (bicyclic) bond motifs is 2. The van der Waals surface area contributed by atoms with Crippen LogP contribution in [0.4, 0.5) is 0 Å². The standard InChI is InChI=1S/C12H17NO4/c14-11(13-5-1-2-6-13)9-7-3-4-8(17-7)10(9)12(15)16/h7-10H,1-6H2,(H,15,16)/t7-,8-,9+,10-/m0/s1. The number of likely N-dealkylation sites (tertiary alicyclic amines) is 1. The van der Waals surface area contributed by atoms with Crippen LogP contribution in [0.5, 0.6) is 0 Å². The summed E-state index contributed by atoms with van der Waals surface area (Å²) in [5.74, 6) is -1.94. The van der Waals surface area contributed by atoms with Gasteiger partial charge in [-0.2, -0.15) is 0 Å². The van der Waals surface area contributed by atoms with E-state index in [0.717, 1.165) is 38.8 Å². The average Bonchev–Trinajstić information content (AvgIpc) is 3.02. The molecule has 3 fully saturated rings. The summed E-state index contributed by atoms with van der Waals surface area (Å²) in [7, 11) is 0. The predicted octanol–water partition coefficient (Wildman–Crippen LogP) is 0.487. The SMILES string of the molecule is O=C(O)[C@@H]1[C@H](C(=O)N2CCCC2)[C@@H]2CC[C@@H]1O2. The summed E-state index contributed by atoms with van der Waals surface area (Å²) in [5.41, 5.74) is 0. The van der Waals surface area contributed by atoms with Gasteiger partial charge in [-0.3, -0.25) is 9.59 Å². The van der Waals surface area contributed by atoms with Gasteiger partial charge in [0.1, 0.15) is 0 Å². The van der Waals surface area contributed by atoms with Crippen LogP contribution in [0.3, 0.4) is 0 Å².